The molecule has 0 aliphatic heterocycles. The lowest BCUT2D eigenvalue weighted by Crippen LogP contribution is -2.14. The molecule has 4 heterocycles. The summed E-state index contributed by atoms with van der Waals surface area (Å²) in [4.78, 5) is 29.6. The Morgan fingerprint density at radius 2 is 1.82 bits per heavy atom. The third kappa shape index (κ3) is 4.69. The largest absolute Gasteiger partial charge is 0.374 e. The highest BCUT2D eigenvalue weighted by molar-refractivity contribution is 7.17. The molecule has 6 aromatic rings. The van der Waals surface area contributed by atoms with Crippen molar-refractivity contribution in [3.63, 3.8) is 0 Å². The van der Waals surface area contributed by atoms with E-state index >= 15 is 0 Å². The average molecular weight is 517 g/mol. The van der Waals surface area contributed by atoms with Gasteiger partial charge in [-0.3, -0.25) is 19.7 Å². The van der Waals surface area contributed by atoms with E-state index in [1.54, 1.807) is 36.1 Å². The van der Waals surface area contributed by atoms with Gasteiger partial charge in [0.15, 0.2) is 0 Å². The van der Waals surface area contributed by atoms with Crippen LogP contribution in [0.5, 0.6) is 0 Å². The minimum absolute atomic E-state index is 0.170. The van der Waals surface area contributed by atoms with Crippen LogP contribution in [0.15, 0.2) is 91.0 Å². The summed E-state index contributed by atoms with van der Waals surface area (Å²) >= 11 is 1.76. The molecule has 7 nitrogen and oxygen atoms in total. The van der Waals surface area contributed by atoms with Gasteiger partial charge in [0.25, 0.3) is 0 Å². The van der Waals surface area contributed by atoms with Crippen LogP contribution in [0.1, 0.15) is 29.7 Å². The molecule has 0 spiro atoms. The van der Waals surface area contributed by atoms with Crippen LogP contribution in [-0.4, -0.2) is 25.8 Å². The Morgan fingerprint density at radius 1 is 0.921 bits per heavy atom. The second kappa shape index (κ2) is 9.99. The monoisotopic (exact) mass is 516 g/mol. The normalized spacial score (nSPS) is 11.9. The van der Waals surface area contributed by atoms with Crippen molar-refractivity contribution in [1.82, 2.24) is 19.9 Å². The van der Waals surface area contributed by atoms with Crippen molar-refractivity contribution in [2.75, 3.05) is 10.6 Å². The number of carbonyl (C=O) groups excluding carboxylic acids is 1. The number of hydrogen-bond donors (Lipinski definition) is 2. The van der Waals surface area contributed by atoms with Crippen LogP contribution < -0.4 is 10.6 Å². The smallest absolute Gasteiger partial charge is 0.222 e. The van der Waals surface area contributed by atoms with Crippen molar-refractivity contribution in [2.45, 2.75) is 19.9 Å². The predicted molar refractivity (Wildman–Crippen MR) is 153 cm³/mol. The first-order valence-corrected chi connectivity index (χ1v) is 13.1. The Bertz CT molecular complexity index is 1780. The van der Waals surface area contributed by atoms with Gasteiger partial charge in [0.1, 0.15) is 5.82 Å². The quantitative estimate of drug-likeness (QED) is 0.254. The number of benzene rings is 2. The van der Waals surface area contributed by atoms with E-state index in [2.05, 4.69) is 67.1 Å². The van der Waals surface area contributed by atoms with Crippen LogP contribution in [0.2, 0.25) is 0 Å². The molecule has 2 N–H and O–H groups in total. The number of nitrogens with zero attached hydrogens (tertiary/aromatic N) is 4. The zero-order valence-electron chi connectivity index (χ0n) is 20.8. The molecule has 0 fully saturated rings. The van der Waals surface area contributed by atoms with Crippen LogP contribution >= 0.6 is 11.3 Å². The molecule has 38 heavy (non-hydrogen) atoms. The maximum Gasteiger partial charge on any atom is 0.222 e. The van der Waals surface area contributed by atoms with E-state index in [-0.39, 0.29) is 11.9 Å². The number of hydrogen-bond acceptors (Lipinski definition) is 7. The van der Waals surface area contributed by atoms with Crippen molar-refractivity contribution in [1.29, 1.82) is 0 Å². The average Bonchev–Trinajstić information content (AvgIpc) is 3.31. The summed E-state index contributed by atoms with van der Waals surface area (Å²) in [5, 5.41) is 9.90. The Morgan fingerprint density at radius 3 is 2.66 bits per heavy atom. The zero-order chi connectivity index (χ0) is 26.1. The molecule has 8 heteroatoms. The maximum atomic E-state index is 11.6. The summed E-state index contributed by atoms with van der Waals surface area (Å²) in [6.45, 7) is 3.61. The van der Waals surface area contributed by atoms with Crippen molar-refractivity contribution in [3.05, 3.63) is 108 Å². The molecule has 186 valence electrons. The number of rotatable bonds is 6. The van der Waals surface area contributed by atoms with Gasteiger partial charge < -0.3 is 10.6 Å². The van der Waals surface area contributed by atoms with Gasteiger partial charge in [-0.1, -0.05) is 12.1 Å². The second-order valence-electron chi connectivity index (χ2n) is 9.10. The molecule has 6 rings (SSSR count). The number of fused-ring (bicyclic) bond motifs is 2. The summed E-state index contributed by atoms with van der Waals surface area (Å²) in [5.74, 6) is 0.325. The van der Waals surface area contributed by atoms with Crippen LogP contribution in [0.4, 0.5) is 11.5 Å². The fourth-order valence-corrected chi connectivity index (χ4v) is 5.57. The highest BCUT2D eigenvalue weighted by Crippen LogP contribution is 2.36. The SMILES string of the molecule is CC(=O)Nc1cc(C(Nc2cc(-c3ccc4scc(C)c4c3)c3nccnc3c2)c2cccnc2)ccn1. The number of amides is 1. The van der Waals surface area contributed by atoms with Crippen molar-refractivity contribution in [2.24, 2.45) is 0 Å². The number of aromatic nitrogens is 4. The van der Waals surface area contributed by atoms with Gasteiger partial charge in [0.05, 0.1) is 17.1 Å². The Hall–Kier alpha value is -4.69. The van der Waals surface area contributed by atoms with Crippen LogP contribution in [-0.2, 0) is 4.79 Å². The number of carbonyl (C=O) groups is 1. The molecule has 2 aromatic carbocycles. The predicted octanol–water partition coefficient (Wildman–Crippen LogP) is 6.77. The standard InChI is InChI=1S/C30H24N6OS/c1-18-17-38-27-6-5-20(12-24(18)27)25-14-23(15-26-30(25)34-11-10-32-26)36-29(22-4-3-8-31-16-22)21-7-9-33-28(13-21)35-19(2)37/h3-17,29,36H,1-2H3,(H,33,35,37). The molecule has 1 unspecified atom stereocenters. The molecule has 1 amide bonds. The van der Waals surface area contributed by atoms with E-state index in [9.17, 15) is 4.79 Å². The molecule has 4 aromatic heterocycles. The van der Waals surface area contributed by atoms with E-state index in [1.807, 2.05) is 36.5 Å². The lowest BCUT2D eigenvalue weighted by Gasteiger charge is -2.22. The van der Waals surface area contributed by atoms with Gasteiger partial charge >= 0.3 is 0 Å². The van der Waals surface area contributed by atoms with Crippen LogP contribution in [0.25, 0.3) is 32.2 Å². The molecule has 0 aliphatic carbocycles. The number of pyridine rings is 2. The minimum Gasteiger partial charge on any atom is -0.374 e. The van der Waals surface area contributed by atoms with Gasteiger partial charge in [-0.15, -0.1) is 11.3 Å². The van der Waals surface area contributed by atoms with E-state index in [1.165, 1.54) is 22.6 Å². The van der Waals surface area contributed by atoms with Crippen molar-refractivity contribution >= 4 is 49.9 Å². The Labute approximate surface area is 223 Å². The number of anilines is 2. The Balaban J connectivity index is 1.47. The van der Waals surface area contributed by atoms with Gasteiger partial charge in [-0.2, -0.15) is 0 Å². The van der Waals surface area contributed by atoms with E-state index in [0.29, 0.717) is 5.82 Å². The minimum atomic E-state index is -0.247. The van der Waals surface area contributed by atoms with Crippen LogP contribution in [0, 0.1) is 6.92 Å². The zero-order valence-corrected chi connectivity index (χ0v) is 21.7. The molecule has 0 saturated carbocycles. The third-order valence-electron chi connectivity index (χ3n) is 6.40. The van der Waals surface area contributed by atoms with Gasteiger partial charge in [0, 0.05) is 53.9 Å². The van der Waals surface area contributed by atoms with Crippen molar-refractivity contribution < 1.29 is 4.79 Å². The van der Waals surface area contributed by atoms with E-state index < -0.39 is 0 Å². The fourth-order valence-electron chi connectivity index (χ4n) is 4.65. The second-order valence-corrected chi connectivity index (χ2v) is 10.0. The molecule has 0 aliphatic rings. The summed E-state index contributed by atoms with van der Waals surface area (Å²) in [5.41, 5.74) is 7.81. The fraction of sp³-hybridized carbons (Fsp3) is 0.100. The molecular formula is C30H24N6OS. The first-order chi connectivity index (χ1) is 18.5. The van der Waals surface area contributed by atoms with Crippen LogP contribution in [0.3, 0.4) is 0 Å². The summed E-state index contributed by atoms with van der Waals surface area (Å²) in [7, 11) is 0. The number of nitrogens with one attached hydrogen (secondary N) is 2. The summed E-state index contributed by atoms with van der Waals surface area (Å²) in [6.07, 6.45) is 8.73. The first-order valence-electron chi connectivity index (χ1n) is 12.2. The topological polar surface area (TPSA) is 92.7 Å². The van der Waals surface area contributed by atoms with Gasteiger partial charge in [-0.25, -0.2) is 4.98 Å². The lowest BCUT2D eigenvalue weighted by atomic mass is 9.98. The highest BCUT2D eigenvalue weighted by atomic mass is 32.1. The third-order valence-corrected chi connectivity index (χ3v) is 7.48. The first kappa shape index (κ1) is 23.7. The summed E-state index contributed by atoms with van der Waals surface area (Å²) < 4.78 is 1.26. The van der Waals surface area contributed by atoms with Gasteiger partial charge in [0.2, 0.25) is 5.91 Å². The molecule has 0 bridgehead atoms. The number of thiophene rings is 1. The maximum absolute atomic E-state index is 11.6. The summed E-state index contributed by atoms with van der Waals surface area (Å²) in [6, 6.07) is 18.2. The highest BCUT2D eigenvalue weighted by Gasteiger charge is 2.18. The molecule has 0 radical (unpaired) electrons. The molecule has 0 saturated heterocycles. The Kier molecular flexibility index (Phi) is 6.23. The molecular weight excluding hydrogens is 492 g/mol. The van der Waals surface area contributed by atoms with E-state index in [0.717, 1.165) is 39.0 Å². The lowest BCUT2D eigenvalue weighted by molar-refractivity contribution is -0.114. The van der Waals surface area contributed by atoms with Gasteiger partial charge in [-0.05, 0) is 82.4 Å². The number of aryl methyl sites for hydroxylation is 1. The molecule has 1 atom stereocenters. The van der Waals surface area contributed by atoms with E-state index in [4.69, 9.17) is 0 Å². The van der Waals surface area contributed by atoms with Crippen molar-refractivity contribution in [3.8, 4) is 11.1 Å².